The zero-order valence-corrected chi connectivity index (χ0v) is 15.0. The first-order valence-electron chi connectivity index (χ1n) is 8.57. The quantitative estimate of drug-likeness (QED) is 0.586. The molecule has 0 unspecified atom stereocenters. The molecular weight excluding hydrogens is 344 g/mol. The normalized spacial score (nSPS) is 12.2. The maximum atomic E-state index is 12.4. The fraction of sp³-hybridized carbons (Fsp3) is 0.211. The second-order valence-corrected chi connectivity index (χ2v) is 6.29. The fourth-order valence-electron chi connectivity index (χ4n) is 2.88. The molecule has 0 aliphatic heterocycles. The van der Waals surface area contributed by atoms with E-state index in [0.717, 1.165) is 22.5 Å². The predicted octanol–water partition coefficient (Wildman–Crippen LogP) is 2.51. The molecule has 8 heteroatoms. The summed E-state index contributed by atoms with van der Waals surface area (Å²) in [6.45, 7) is 3.80. The summed E-state index contributed by atoms with van der Waals surface area (Å²) in [7, 11) is 0. The van der Waals surface area contributed by atoms with Gasteiger partial charge in [0, 0.05) is 30.4 Å². The highest BCUT2D eigenvalue weighted by atomic mass is 16.5. The number of nitrogens with zero attached hydrogens (tertiary/aromatic N) is 5. The molecule has 0 saturated carbocycles. The van der Waals surface area contributed by atoms with Gasteiger partial charge in [0.25, 0.3) is 0 Å². The number of amides is 1. The zero-order valence-electron chi connectivity index (χ0n) is 15.0. The third-order valence-corrected chi connectivity index (χ3v) is 4.28. The van der Waals surface area contributed by atoms with Crippen LogP contribution in [0.4, 0.5) is 0 Å². The van der Waals surface area contributed by atoms with E-state index >= 15 is 0 Å². The Morgan fingerprint density at radius 3 is 2.93 bits per heavy atom. The molecule has 27 heavy (non-hydrogen) atoms. The number of carbonyl (C=O) groups excluding carboxylic acids is 1. The second kappa shape index (κ2) is 6.99. The third-order valence-electron chi connectivity index (χ3n) is 4.28. The Hall–Kier alpha value is -3.55. The minimum atomic E-state index is -0.401. The first-order chi connectivity index (χ1) is 13.1. The van der Waals surface area contributed by atoms with Crippen LogP contribution in [0.2, 0.25) is 0 Å². The van der Waals surface area contributed by atoms with Crippen LogP contribution in [0.25, 0.3) is 17.0 Å². The van der Waals surface area contributed by atoms with Crippen LogP contribution in [0.15, 0.2) is 53.6 Å². The Morgan fingerprint density at radius 1 is 1.30 bits per heavy atom. The summed E-state index contributed by atoms with van der Waals surface area (Å²) in [6.07, 6.45) is 7.16. The molecule has 0 radical (unpaired) electrons. The first-order valence-corrected chi connectivity index (χ1v) is 8.57. The molecular formula is C19H18N6O2. The van der Waals surface area contributed by atoms with Gasteiger partial charge in [-0.3, -0.25) is 9.78 Å². The molecule has 0 aliphatic rings. The van der Waals surface area contributed by atoms with Crippen molar-refractivity contribution >= 4 is 11.6 Å². The van der Waals surface area contributed by atoms with E-state index in [9.17, 15) is 4.79 Å². The average molecular weight is 362 g/mol. The van der Waals surface area contributed by atoms with Gasteiger partial charge in [-0.1, -0.05) is 11.2 Å². The van der Waals surface area contributed by atoms with Crippen molar-refractivity contribution in [2.75, 3.05) is 0 Å². The smallest absolute Gasteiger partial charge is 0.249 e. The molecule has 1 atom stereocenters. The largest absolute Gasteiger partial charge is 0.344 e. The van der Waals surface area contributed by atoms with E-state index < -0.39 is 6.04 Å². The fourth-order valence-corrected chi connectivity index (χ4v) is 2.88. The van der Waals surface area contributed by atoms with Crippen LogP contribution in [0, 0.1) is 6.92 Å². The number of carbonyl (C=O) groups is 1. The Labute approximate surface area is 155 Å². The molecule has 0 spiro atoms. The first kappa shape index (κ1) is 16.9. The van der Waals surface area contributed by atoms with Gasteiger partial charge in [0.1, 0.15) is 11.7 Å². The van der Waals surface area contributed by atoms with Crippen molar-refractivity contribution in [3.63, 3.8) is 0 Å². The van der Waals surface area contributed by atoms with Crippen molar-refractivity contribution in [2.45, 2.75) is 26.3 Å². The lowest BCUT2D eigenvalue weighted by atomic mass is 10.2. The van der Waals surface area contributed by atoms with Gasteiger partial charge in [-0.05, 0) is 37.6 Å². The summed E-state index contributed by atoms with van der Waals surface area (Å²) in [5.74, 6) is 0.671. The highest BCUT2D eigenvalue weighted by Crippen LogP contribution is 2.18. The number of aromatic nitrogens is 5. The van der Waals surface area contributed by atoms with Gasteiger partial charge in [-0.25, -0.2) is 4.98 Å². The molecule has 4 aromatic heterocycles. The van der Waals surface area contributed by atoms with E-state index in [1.54, 1.807) is 37.6 Å². The minimum Gasteiger partial charge on any atom is -0.344 e. The van der Waals surface area contributed by atoms with Crippen LogP contribution in [0.1, 0.15) is 30.1 Å². The van der Waals surface area contributed by atoms with Gasteiger partial charge in [-0.2, -0.15) is 4.98 Å². The van der Waals surface area contributed by atoms with Gasteiger partial charge < -0.3 is 14.2 Å². The molecule has 136 valence electrons. The predicted molar refractivity (Wildman–Crippen MR) is 97.7 cm³/mol. The molecule has 4 aromatic rings. The number of imidazole rings is 1. The molecule has 1 amide bonds. The van der Waals surface area contributed by atoms with Crippen LogP contribution in [0.5, 0.6) is 0 Å². The zero-order chi connectivity index (χ0) is 18.8. The number of aryl methyl sites for hydroxylation is 1. The van der Waals surface area contributed by atoms with Crippen molar-refractivity contribution in [3.05, 3.63) is 66.2 Å². The molecule has 1 N–H and O–H groups in total. The van der Waals surface area contributed by atoms with E-state index in [1.165, 1.54) is 0 Å². The number of hydrogen-bond acceptors (Lipinski definition) is 6. The molecule has 4 rings (SSSR count). The van der Waals surface area contributed by atoms with E-state index in [-0.39, 0.29) is 12.3 Å². The van der Waals surface area contributed by atoms with Gasteiger partial charge in [-0.15, -0.1) is 0 Å². The van der Waals surface area contributed by atoms with Crippen LogP contribution in [-0.2, 0) is 11.2 Å². The van der Waals surface area contributed by atoms with Crippen molar-refractivity contribution in [3.8, 4) is 11.4 Å². The van der Waals surface area contributed by atoms with Gasteiger partial charge in [0.2, 0.25) is 17.6 Å². The Balaban J connectivity index is 1.45. The summed E-state index contributed by atoms with van der Waals surface area (Å²) in [5, 5.41) is 6.85. The molecule has 8 nitrogen and oxygen atoms in total. The lowest BCUT2D eigenvalue weighted by Gasteiger charge is -2.09. The molecule has 0 bridgehead atoms. The summed E-state index contributed by atoms with van der Waals surface area (Å²) < 4.78 is 7.21. The monoisotopic (exact) mass is 362 g/mol. The second-order valence-electron chi connectivity index (χ2n) is 6.29. The van der Waals surface area contributed by atoms with Crippen molar-refractivity contribution < 1.29 is 9.32 Å². The maximum Gasteiger partial charge on any atom is 0.249 e. The molecule has 4 heterocycles. The Bertz CT molecular complexity index is 1090. The SMILES string of the molecule is Cc1cccn2c(CC(=O)N[C@H](C)c3nc(-c4ccncc4)no3)cnc12. The standard InChI is InChI=1S/C19H18N6O2/c1-12-4-3-9-25-15(11-21-18(12)25)10-16(26)22-13(2)19-23-17(24-27-19)14-5-7-20-8-6-14/h3-9,11,13H,10H2,1-2H3,(H,22,26)/t13-/m1/s1. The molecule has 0 saturated heterocycles. The summed E-state index contributed by atoms with van der Waals surface area (Å²) in [5.41, 5.74) is 3.54. The number of hydrogen-bond donors (Lipinski definition) is 1. The summed E-state index contributed by atoms with van der Waals surface area (Å²) in [4.78, 5) is 25.2. The Morgan fingerprint density at radius 2 is 2.11 bits per heavy atom. The van der Waals surface area contributed by atoms with Crippen molar-refractivity contribution in [2.24, 2.45) is 0 Å². The summed E-state index contributed by atoms with van der Waals surface area (Å²) >= 11 is 0. The van der Waals surface area contributed by atoms with Crippen LogP contribution >= 0.6 is 0 Å². The van der Waals surface area contributed by atoms with Crippen LogP contribution in [-0.4, -0.2) is 30.4 Å². The van der Waals surface area contributed by atoms with Crippen molar-refractivity contribution in [1.29, 1.82) is 0 Å². The van der Waals surface area contributed by atoms with Gasteiger partial charge >= 0.3 is 0 Å². The number of fused-ring (bicyclic) bond motifs is 1. The van der Waals surface area contributed by atoms with E-state index in [2.05, 4.69) is 25.4 Å². The highest BCUT2D eigenvalue weighted by molar-refractivity contribution is 5.78. The van der Waals surface area contributed by atoms with E-state index in [1.807, 2.05) is 29.7 Å². The molecule has 0 aliphatic carbocycles. The number of nitrogens with one attached hydrogen (secondary N) is 1. The van der Waals surface area contributed by atoms with E-state index in [0.29, 0.717) is 11.7 Å². The maximum absolute atomic E-state index is 12.4. The van der Waals surface area contributed by atoms with Crippen LogP contribution < -0.4 is 5.32 Å². The lowest BCUT2D eigenvalue weighted by molar-refractivity contribution is -0.121. The van der Waals surface area contributed by atoms with Crippen molar-refractivity contribution in [1.82, 2.24) is 29.8 Å². The van der Waals surface area contributed by atoms with Gasteiger partial charge in [0.15, 0.2) is 0 Å². The number of pyridine rings is 2. The average Bonchev–Trinajstić information content (AvgIpc) is 3.31. The minimum absolute atomic E-state index is 0.144. The topological polar surface area (TPSA) is 98.2 Å². The molecule has 0 aromatic carbocycles. The number of rotatable bonds is 5. The third kappa shape index (κ3) is 3.41. The molecule has 0 fully saturated rings. The van der Waals surface area contributed by atoms with Gasteiger partial charge in [0.05, 0.1) is 12.1 Å². The summed E-state index contributed by atoms with van der Waals surface area (Å²) in [6, 6.07) is 7.12. The van der Waals surface area contributed by atoms with E-state index in [4.69, 9.17) is 4.52 Å². The Kier molecular flexibility index (Phi) is 4.37. The lowest BCUT2D eigenvalue weighted by Crippen LogP contribution is -2.28. The highest BCUT2D eigenvalue weighted by Gasteiger charge is 2.18. The van der Waals surface area contributed by atoms with Crippen LogP contribution in [0.3, 0.4) is 0 Å².